The monoisotopic (exact) mass is 273 g/mol. The number of ether oxygens (including phenoxy) is 1. The van der Waals surface area contributed by atoms with Crippen LogP contribution in [0.1, 0.15) is 16.7 Å². The quantitative estimate of drug-likeness (QED) is 0.911. The third-order valence-electron chi connectivity index (χ3n) is 3.83. The largest absolute Gasteiger partial charge is 0.496 e. The van der Waals surface area contributed by atoms with Gasteiger partial charge >= 0.3 is 0 Å². The predicted octanol–water partition coefficient (Wildman–Crippen LogP) is 3.30. The summed E-state index contributed by atoms with van der Waals surface area (Å²) in [5.74, 6) is 0.805. The molecule has 0 saturated carbocycles. The van der Waals surface area contributed by atoms with Crippen molar-refractivity contribution in [1.82, 2.24) is 0 Å². The molecule has 2 nitrogen and oxygen atoms in total. The van der Waals surface area contributed by atoms with Gasteiger partial charge in [0.25, 0.3) is 0 Å². The Morgan fingerprint density at radius 2 is 1.74 bits per heavy atom. The number of hydrogen-bond donors (Lipinski definition) is 1. The minimum Gasteiger partial charge on any atom is -0.496 e. The zero-order chi connectivity index (χ0) is 13.5. The first-order valence-corrected chi connectivity index (χ1v) is 6.70. The lowest BCUT2D eigenvalue weighted by Crippen LogP contribution is -2.37. The summed E-state index contributed by atoms with van der Waals surface area (Å²) in [6.45, 7) is 0. The molecule has 0 fully saturated rings. The number of halogens is 1. The van der Waals surface area contributed by atoms with Crippen molar-refractivity contribution in [3.05, 3.63) is 64.2 Å². The maximum Gasteiger partial charge on any atom is 0.124 e. The molecule has 2 N–H and O–H groups in total. The Morgan fingerprint density at radius 3 is 2.32 bits per heavy atom. The van der Waals surface area contributed by atoms with Crippen molar-refractivity contribution in [3.63, 3.8) is 0 Å². The summed E-state index contributed by atoms with van der Waals surface area (Å²) < 4.78 is 5.44. The van der Waals surface area contributed by atoms with Gasteiger partial charge in [0.15, 0.2) is 0 Å². The van der Waals surface area contributed by atoms with E-state index in [1.807, 2.05) is 18.2 Å². The first-order valence-electron chi connectivity index (χ1n) is 6.32. The topological polar surface area (TPSA) is 35.2 Å². The van der Waals surface area contributed by atoms with Gasteiger partial charge in [0.1, 0.15) is 5.75 Å². The zero-order valence-corrected chi connectivity index (χ0v) is 11.6. The van der Waals surface area contributed by atoms with Crippen LogP contribution in [0.5, 0.6) is 5.75 Å². The first-order chi connectivity index (χ1) is 9.12. The van der Waals surface area contributed by atoms with E-state index >= 15 is 0 Å². The van der Waals surface area contributed by atoms with E-state index in [0.717, 1.165) is 24.2 Å². The molecule has 19 heavy (non-hydrogen) atoms. The summed E-state index contributed by atoms with van der Waals surface area (Å²) in [6.07, 6.45) is 1.64. The van der Waals surface area contributed by atoms with E-state index in [-0.39, 0.29) is 0 Å². The van der Waals surface area contributed by atoms with Gasteiger partial charge in [0.2, 0.25) is 0 Å². The SMILES string of the molecule is COc1ccc(Cl)cc1C1(N)Cc2ccccc2C1. The maximum absolute atomic E-state index is 6.64. The van der Waals surface area contributed by atoms with Crippen molar-refractivity contribution in [2.24, 2.45) is 5.73 Å². The minimum atomic E-state index is -0.431. The molecule has 0 saturated heterocycles. The minimum absolute atomic E-state index is 0.431. The lowest BCUT2D eigenvalue weighted by Gasteiger charge is -2.26. The van der Waals surface area contributed by atoms with Crippen molar-refractivity contribution in [2.45, 2.75) is 18.4 Å². The smallest absolute Gasteiger partial charge is 0.124 e. The summed E-state index contributed by atoms with van der Waals surface area (Å²) >= 11 is 6.11. The standard InChI is InChI=1S/C16H16ClNO/c1-19-15-7-6-13(17)8-14(15)16(18)9-11-4-2-3-5-12(11)10-16/h2-8H,9-10,18H2,1H3. The van der Waals surface area contributed by atoms with E-state index in [1.165, 1.54) is 11.1 Å². The number of rotatable bonds is 2. The Labute approximate surface area is 118 Å². The van der Waals surface area contributed by atoms with Crippen molar-refractivity contribution in [2.75, 3.05) is 7.11 Å². The second kappa shape index (κ2) is 4.55. The summed E-state index contributed by atoms with van der Waals surface area (Å²) in [4.78, 5) is 0. The molecule has 2 aromatic carbocycles. The number of nitrogens with two attached hydrogens (primary N) is 1. The van der Waals surface area contributed by atoms with Crippen molar-refractivity contribution in [1.29, 1.82) is 0 Å². The number of hydrogen-bond acceptors (Lipinski definition) is 2. The highest BCUT2D eigenvalue weighted by atomic mass is 35.5. The number of methoxy groups -OCH3 is 1. The Bertz CT molecular complexity index is 599. The fraction of sp³-hybridized carbons (Fsp3) is 0.250. The van der Waals surface area contributed by atoms with Gasteiger partial charge in [-0.15, -0.1) is 0 Å². The Kier molecular flexibility index (Phi) is 3.00. The highest BCUT2D eigenvalue weighted by Crippen LogP contribution is 2.40. The first kappa shape index (κ1) is 12.5. The van der Waals surface area contributed by atoms with E-state index in [9.17, 15) is 0 Å². The summed E-state index contributed by atoms with van der Waals surface area (Å²) in [5, 5.41) is 0.691. The van der Waals surface area contributed by atoms with Crippen LogP contribution in [0.4, 0.5) is 0 Å². The Morgan fingerprint density at radius 1 is 1.11 bits per heavy atom. The van der Waals surface area contributed by atoms with Crippen LogP contribution in [0.2, 0.25) is 5.02 Å². The summed E-state index contributed by atoms with van der Waals surface area (Å²) in [6, 6.07) is 14.0. The number of benzene rings is 2. The highest BCUT2D eigenvalue weighted by molar-refractivity contribution is 6.30. The van der Waals surface area contributed by atoms with E-state index in [4.69, 9.17) is 22.1 Å². The van der Waals surface area contributed by atoms with Gasteiger partial charge in [0, 0.05) is 10.6 Å². The average Bonchev–Trinajstić information content (AvgIpc) is 2.76. The molecule has 98 valence electrons. The molecule has 3 heteroatoms. The van der Waals surface area contributed by atoms with Crippen LogP contribution in [0.3, 0.4) is 0 Å². The molecule has 0 bridgehead atoms. The molecular weight excluding hydrogens is 258 g/mol. The number of fused-ring (bicyclic) bond motifs is 1. The molecule has 0 radical (unpaired) electrons. The molecule has 0 spiro atoms. The van der Waals surface area contributed by atoms with Crippen LogP contribution in [0.25, 0.3) is 0 Å². The highest BCUT2D eigenvalue weighted by Gasteiger charge is 2.37. The molecule has 0 unspecified atom stereocenters. The molecule has 0 aromatic heterocycles. The fourth-order valence-electron chi connectivity index (χ4n) is 2.90. The molecule has 0 amide bonds. The second-order valence-electron chi connectivity index (χ2n) is 5.12. The van der Waals surface area contributed by atoms with E-state index in [2.05, 4.69) is 24.3 Å². The van der Waals surface area contributed by atoms with Crippen LogP contribution in [0.15, 0.2) is 42.5 Å². The molecule has 0 heterocycles. The van der Waals surface area contributed by atoms with Crippen LogP contribution in [-0.4, -0.2) is 7.11 Å². The van der Waals surface area contributed by atoms with Gasteiger partial charge < -0.3 is 10.5 Å². The van der Waals surface area contributed by atoms with Crippen molar-refractivity contribution < 1.29 is 4.74 Å². The third kappa shape index (κ3) is 2.11. The molecule has 0 aliphatic heterocycles. The summed E-state index contributed by atoms with van der Waals surface area (Å²) in [5.41, 5.74) is 9.82. The molecule has 1 aliphatic carbocycles. The van der Waals surface area contributed by atoms with E-state index < -0.39 is 5.54 Å². The predicted molar refractivity (Wildman–Crippen MR) is 77.7 cm³/mol. The van der Waals surface area contributed by atoms with Gasteiger partial charge in [-0.1, -0.05) is 35.9 Å². The van der Waals surface area contributed by atoms with E-state index in [1.54, 1.807) is 7.11 Å². The molecule has 3 rings (SSSR count). The molecule has 1 aliphatic rings. The lowest BCUT2D eigenvalue weighted by molar-refractivity contribution is 0.382. The second-order valence-corrected chi connectivity index (χ2v) is 5.56. The van der Waals surface area contributed by atoms with Crippen LogP contribution >= 0.6 is 11.6 Å². The zero-order valence-electron chi connectivity index (χ0n) is 10.8. The average molecular weight is 274 g/mol. The van der Waals surface area contributed by atoms with Gasteiger partial charge in [-0.2, -0.15) is 0 Å². The fourth-order valence-corrected chi connectivity index (χ4v) is 3.08. The lowest BCUT2D eigenvalue weighted by atomic mass is 9.87. The van der Waals surface area contributed by atoms with Gasteiger partial charge in [-0.3, -0.25) is 0 Å². The van der Waals surface area contributed by atoms with Gasteiger partial charge in [-0.25, -0.2) is 0 Å². The third-order valence-corrected chi connectivity index (χ3v) is 4.06. The van der Waals surface area contributed by atoms with Crippen molar-refractivity contribution in [3.8, 4) is 5.75 Å². The van der Waals surface area contributed by atoms with Crippen molar-refractivity contribution >= 4 is 11.6 Å². The van der Waals surface area contributed by atoms with Crippen LogP contribution in [0, 0.1) is 0 Å². The summed E-state index contributed by atoms with van der Waals surface area (Å²) in [7, 11) is 1.66. The van der Waals surface area contributed by atoms with E-state index in [0.29, 0.717) is 5.02 Å². The maximum atomic E-state index is 6.64. The van der Waals surface area contributed by atoms with Crippen LogP contribution in [-0.2, 0) is 18.4 Å². The van der Waals surface area contributed by atoms with Gasteiger partial charge in [-0.05, 0) is 42.2 Å². The molecular formula is C16H16ClNO. The normalized spacial score (nSPS) is 16.2. The van der Waals surface area contributed by atoms with Gasteiger partial charge in [0.05, 0.1) is 12.6 Å². The Balaban J connectivity index is 2.06. The molecule has 2 aromatic rings. The Hall–Kier alpha value is -1.51. The molecule has 0 atom stereocenters. The van der Waals surface area contributed by atoms with Crippen LogP contribution < -0.4 is 10.5 Å².